The first kappa shape index (κ1) is 17.7. The third kappa shape index (κ3) is 3.87. The second kappa shape index (κ2) is 7.91. The zero-order valence-corrected chi connectivity index (χ0v) is 15.7. The molecule has 2 aromatic carbocycles. The number of ether oxygens (including phenoxy) is 2. The van der Waals surface area contributed by atoms with Crippen molar-refractivity contribution in [1.82, 2.24) is 5.32 Å². The number of nitrogens with zero attached hydrogens (tertiary/aromatic N) is 1. The number of para-hydroxylation sites is 1. The van der Waals surface area contributed by atoms with Crippen molar-refractivity contribution in [2.24, 2.45) is 0 Å². The first-order chi connectivity index (χ1) is 13.2. The molecule has 0 aromatic heterocycles. The minimum atomic E-state index is -0.0611. The third-order valence-electron chi connectivity index (χ3n) is 5.40. The number of methoxy groups -OCH3 is 1. The highest BCUT2D eigenvalue weighted by atomic mass is 16.5. The number of carbonyl (C=O) groups is 1. The van der Waals surface area contributed by atoms with Gasteiger partial charge < -0.3 is 14.8 Å². The molecule has 5 nitrogen and oxygen atoms in total. The van der Waals surface area contributed by atoms with E-state index in [-0.39, 0.29) is 12.1 Å². The number of carbonyl (C=O) groups excluding carboxylic acids is 1. The SMILES string of the molecule is COc1ccc(CNC(=O)N2CCc3ccccc32)cc1OC1CCCC1. The van der Waals surface area contributed by atoms with Crippen molar-refractivity contribution in [2.45, 2.75) is 44.8 Å². The summed E-state index contributed by atoms with van der Waals surface area (Å²) in [5, 5.41) is 3.03. The highest BCUT2D eigenvalue weighted by Crippen LogP contribution is 2.32. The van der Waals surface area contributed by atoms with Crippen molar-refractivity contribution >= 4 is 11.7 Å². The molecule has 0 radical (unpaired) electrons. The normalized spacial score (nSPS) is 16.3. The number of benzene rings is 2. The summed E-state index contributed by atoms with van der Waals surface area (Å²) in [6, 6.07) is 13.9. The Hall–Kier alpha value is -2.69. The maximum Gasteiger partial charge on any atom is 0.322 e. The van der Waals surface area contributed by atoms with Gasteiger partial charge in [0, 0.05) is 18.8 Å². The third-order valence-corrected chi connectivity index (χ3v) is 5.40. The fourth-order valence-electron chi connectivity index (χ4n) is 3.93. The van der Waals surface area contributed by atoms with Gasteiger partial charge in [0.2, 0.25) is 0 Å². The summed E-state index contributed by atoms with van der Waals surface area (Å²) in [7, 11) is 1.66. The van der Waals surface area contributed by atoms with E-state index in [0.717, 1.165) is 48.6 Å². The molecule has 0 bridgehead atoms. The monoisotopic (exact) mass is 366 g/mol. The number of urea groups is 1. The van der Waals surface area contributed by atoms with E-state index < -0.39 is 0 Å². The van der Waals surface area contributed by atoms with Crippen LogP contribution in [0.1, 0.15) is 36.8 Å². The Morgan fingerprint density at radius 3 is 2.78 bits per heavy atom. The maximum absolute atomic E-state index is 12.6. The van der Waals surface area contributed by atoms with Crippen LogP contribution in [0, 0.1) is 0 Å². The van der Waals surface area contributed by atoms with Gasteiger partial charge in [0.25, 0.3) is 0 Å². The van der Waals surface area contributed by atoms with Crippen LogP contribution in [0.4, 0.5) is 10.5 Å². The summed E-state index contributed by atoms with van der Waals surface area (Å²) in [5.41, 5.74) is 3.24. The van der Waals surface area contributed by atoms with Gasteiger partial charge in [-0.25, -0.2) is 4.79 Å². The predicted octanol–water partition coefficient (Wildman–Crippen LogP) is 4.29. The Morgan fingerprint density at radius 2 is 1.96 bits per heavy atom. The summed E-state index contributed by atoms with van der Waals surface area (Å²) in [6.07, 6.45) is 5.81. The molecule has 5 heteroatoms. The quantitative estimate of drug-likeness (QED) is 0.859. The van der Waals surface area contributed by atoms with Crippen LogP contribution in [0.15, 0.2) is 42.5 Å². The molecular weight excluding hydrogens is 340 g/mol. The lowest BCUT2D eigenvalue weighted by Gasteiger charge is -2.19. The van der Waals surface area contributed by atoms with E-state index in [4.69, 9.17) is 9.47 Å². The van der Waals surface area contributed by atoms with Gasteiger partial charge in [0.1, 0.15) is 0 Å². The van der Waals surface area contributed by atoms with Gasteiger partial charge in [-0.15, -0.1) is 0 Å². The Balaban J connectivity index is 1.41. The lowest BCUT2D eigenvalue weighted by Crippen LogP contribution is -2.38. The average molecular weight is 366 g/mol. The fraction of sp³-hybridized carbons (Fsp3) is 0.409. The minimum absolute atomic E-state index is 0.0611. The van der Waals surface area contributed by atoms with E-state index in [1.165, 1.54) is 18.4 Å². The highest BCUT2D eigenvalue weighted by molar-refractivity contribution is 5.94. The van der Waals surface area contributed by atoms with Crippen LogP contribution in [0.3, 0.4) is 0 Å². The van der Waals surface area contributed by atoms with Crippen molar-refractivity contribution in [1.29, 1.82) is 0 Å². The Kier molecular flexibility index (Phi) is 5.19. The molecule has 1 saturated carbocycles. The summed E-state index contributed by atoms with van der Waals surface area (Å²) < 4.78 is 11.6. The van der Waals surface area contributed by atoms with E-state index in [9.17, 15) is 4.79 Å². The molecule has 1 aliphatic heterocycles. The van der Waals surface area contributed by atoms with Gasteiger partial charge in [0.15, 0.2) is 11.5 Å². The highest BCUT2D eigenvalue weighted by Gasteiger charge is 2.24. The molecule has 142 valence electrons. The maximum atomic E-state index is 12.6. The van der Waals surface area contributed by atoms with Crippen LogP contribution in [0.25, 0.3) is 0 Å². The van der Waals surface area contributed by atoms with Crippen LogP contribution in [-0.2, 0) is 13.0 Å². The van der Waals surface area contributed by atoms with Crippen LogP contribution in [0.2, 0.25) is 0 Å². The molecule has 4 rings (SSSR count). The van der Waals surface area contributed by atoms with Gasteiger partial charge in [0.05, 0.1) is 13.2 Å². The van der Waals surface area contributed by atoms with Crippen molar-refractivity contribution in [2.75, 3.05) is 18.6 Å². The molecule has 1 N–H and O–H groups in total. The summed E-state index contributed by atoms with van der Waals surface area (Å²) >= 11 is 0. The van der Waals surface area contributed by atoms with E-state index in [1.807, 2.05) is 41.3 Å². The van der Waals surface area contributed by atoms with Gasteiger partial charge in [-0.2, -0.15) is 0 Å². The Morgan fingerprint density at radius 1 is 1.15 bits per heavy atom. The van der Waals surface area contributed by atoms with Gasteiger partial charge in [-0.3, -0.25) is 4.90 Å². The van der Waals surface area contributed by atoms with Crippen molar-refractivity contribution in [3.8, 4) is 11.5 Å². The molecule has 0 saturated heterocycles. The van der Waals surface area contributed by atoms with E-state index >= 15 is 0 Å². The van der Waals surface area contributed by atoms with Crippen molar-refractivity contribution in [3.63, 3.8) is 0 Å². The van der Waals surface area contributed by atoms with E-state index in [0.29, 0.717) is 6.54 Å². The molecule has 1 aliphatic carbocycles. The van der Waals surface area contributed by atoms with Gasteiger partial charge >= 0.3 is 6.03 Å². The fourth-order valence-corrected chi connectivity index (χ4v) is 3.93. The number of fused-ring (bicyclic) bond motifs is 1. The second-order valence-corrected chi connectivity index (χ2v) is 7.20. The number of hydrogen-bond acceptors (Lipinski definition) is 3. The van der Waals surface area contributed by atoms with Gasteiger partial charge in [-0.1, -0.05) is 24.3 Å². The van der Waals surface area contributed by atoms with Crippen LogP contribution in [0.5, 0.6) is 11.5 Å². The lowest BCUT2D eigenvalue weighted by atomic mass is 10.2. The zero-order valence-electron chi connectivity index (χ0n) is 15.7. The number of anilines is 1. The molecule has 0 atom stereocenters. The van der Waals surface area contributed by atoms with Crippen molar-refractivity contribution in [3.05, 3.63) is 53.6 Å². The molecule has 2 aliphatic rings. The molecule has 0 spiro atoms. The second-order valence-electron chi connectivity index (χ2n) is 7.20. The topological polar surface area (TPSA) is 50.8 Å². The van der Waals surface area contributed by atoms with Crippen molar-refractivity contribution < 1.29 is 14.3 Å². The van der Waals surface area contributed by atoms with Gasteiger partial charge in [-0.05, 0) is 61.4 Å². The first-order valence-corrected chi connectivity index (χ1v) is 9.71. The predicted molar refractivity (Wildman–Crippen MR) is 106 cm³/mol. The van der Waals surface area contributed by atoms with E-state index in [2.05, 4.69) is 11.4 Å². The standard InChI is InChI=1S/C22H26N2O3/c1-26-20-11-10-16(14-21(20)27-18-7-3-4-8-18)15-23-22(25)24-13-12-17-6-2-5-9-19(17)24/h2,5-6,9-11,14,18H,3-4,7-8,12-13,15H2,1H3,(H,23,25). The Bertz CT molecular complexity index is 815. The molecule has 27 heavy (non-hydrogen) atoms. The van der Waals surface area contributed by atoms with Crippen LogP contribution < -0.4 is 19.7 Å². The molecule has 2 aromatic rings. The number of nitrogens with one attached hydrogen (secondary N) is 1. The summed E-state index contributed by atoms with van der Waals surface area (Å²) in [5.74, 6) is 1.51. The number of rotatable bonds is 5. The van der Waals surface area contributed by atoms with Crippen LogP contribution >= 0.6 is 0 Å². The zero-order chi connectivity index (χ0) is 18.6. The smallest absolute Gasteiger partial charge is 0.322 e. The largest absolute Gasteiger partial charge is 0.493 e. The van der Waals surface area contributed by atoms with E-state index in [1.54, 1.807) is 7.11 Å². The lowest BCUT2D eigenvalue weighted by molar-refractivity contribution is 0.200. The number of amides is 2. The minimum Gasteiger partial charge on any atom is -0.493 e. The summed E-state index contributed by atoms with van der Waals surface area (Å²) in [4.78, 5) is 14.4. The molecule has 1 fully saturated rings. The Labute approximate surface area is 160 Å². The molecular formula is C22H26N2O3. The molecule has 0 unspecified atom stereocenters. The summed E-state index contributed by atoms with van der Waals surface area (Å²) in [6.45, 7) is 1.19. The van der Waals surface area contributed by atoms with Crippen LogP contribution in [-0.4, -0.2) is 25.8 Å². The molecule has 1 heterocycles. The molecule has 2 amide bonds. The number of hydrogen-bond donors (Lipinski definition) is 1. The average Bonchev–Trinajstić information content (AvgIpc) is 3.36. The first-order valence-electron chi connectivity index (χ1n) is 9.71.